The summed E-state index contributed by atoms with van der Waals surface area (Å²) < 4.78 is 0. The minimum absolute atomic E-state index is 0.0313. The summed E-state index contributed by atoms with van der Waals surface area (Å²) in [4.78, 5) is 10.6. The first-order chi connectivity index (χ1) is 5.88. The summed E-state index contributed by atoms with van der Waals surface area (Å²) in [5.41, 5.74) is 1.08. The largest absolute Gasteiger partial charge is 0.290 e. The van der Waals surface area contributed by atoms with Crippen LogP contribution in [-0.2, 0) is 4.79 Å². The van der Waals surface area contributed by atoms with Crippen LogP contribution in [0.3, 0.4) is 0 Å². The highest BCUT2D eigenvalue weighted by Crippen LogP contribution is 2.17. The Morgan fingerprint density at radius 1 is 1.33 bits per heavy atom. The summed E-state index contributed by atoms with van der Waals surface area (Å²) in [6.07, 6.45) is 3.99. The highest BCUT2D eigenvalue weighted by Gasteiger charge is 2.08. The molecule has 0 aliphatic heterocycles. The highest BCUT2D eigenvalue weighted by molar-refractivity contribution is 5.62. The van der Waals surface area contributed by atoms with Gasteiger partial charge in [0.15, 0.2) is 0 Å². The van der Waals surface area contributed by atoms with Crippen molar-refractivity contribution in [1.82, 2.24) is 0 Å². The van der Waals surface area contributed by atoms with E-state index in [1.54, 1.807) is 0 Å². The van der Waals surface area contributed by atoms with Crippen LogP contribution in [0.1, 0.15) is 31.2 Å². The van der Waals surface area contributed by atoms with E-state index in [0.29, 0.717) is 0 Å². The van der Waals surface area contributed by atoms with Gasteiger partial charge < -0.3 is 0 Å². The predicted octanol–water partition coefficient (Wildman–Crippen LogP) is 2.68. The minimum atomic E-state index is -0.0313. The smallest absolute Gasteiger partial charge is 0.206 e. The van der Waals surface area contributed by atoms with Gasteiger partial charge >= 0.3 is 0 Å². The molecule has 0 aliphatic rings. The van der Waals surface area contributed by atoms with Crippen molar-refractivity contribution in [3.05, 3.63) is 35.9 Å². The van der Waals surface area contributed by atoms with E-state index in [1.165, 1.54) is 0 Å². The van der Waals surface area contributed by atoms with Gasteiger partial charge in [-0.25, -0.2) is 0 Å². The van der Waals surface area contributed by atoms with Crippen LogP contribution in [0.4, 0.5) is 0 Å². The molecule has 1 nitrogen and oxygen atoms in total. The van der Waals surface area contributed by atoms with Gasteiger partial charge in [-0.3, -0.25) is 4.79 Å². The maximum Gasteiger partial charge on any atom is 0.206 e. The van der Waals surface area contributed by atoms with Gasteiger partial charge in [-0.1, -0.05) is 43.7 Å². The fourth-order valence-corrected chi connectivity index (χ4v) is 1.27. The van der Waals surface area contributed by atoms with Crippen LogP contribution in [-0.4, -0.2) is 6.29 Å². The Balaban J connectivity index is 2.73. The van der Waals surface area contributed by atoms with Crippen LogP contribution in [0.5, 0.6) is 0 Å². The molecule has 0 spiro atoms. The van der Waals surface area contributed by atoms with Crippen molar-refractivity contribution >= 4 is 6.29 Å². The van der Waals surface area contributed by atoms with Crippen LogP contribution < -0.4 is 0 Å². The van der Waals surface area contributed by atoms with Crippen molar-refractivity contribution in [3.8, 4) is 0 Å². The van der Waals surface area contributed by atoms with Crippen molar-refractivity contribution in [2.24, 2.45) is 0 Å². The molecule has 0 amide bonds. The molecular formula is C11H13O. The zero-order chi connectivity index (χ0) is 8.81. The summed E-state index contributed by atoms with van der Waals surface area (Å²) in [6.45, 7) is 2.08. The molecule has 0 N–H and O–H groups in total. The molecule has 1 aromatic rings. The standard InChI is InChI=1S/C11H13O/c1-2-6-11(9-12)10-7-4-3-5-8-10/h3-5,7-8,11H,2,6H2,1H3/t11-/m0/s1. The highest BCUT2D eigenvalue weighted by atomic mass is 16.1. The summed E-state index contributed by atoms with van der Waals surface area (Å²) >= 11 is 0. The molecule has 1 heteroatoms. The Hall–Kier alpha value is -1.11. The van der Waals surface area contributed by atoms with Gasteiger partial charge in [0.1, 0.15) is 0 Å². The van der Waals surface area contributed by atoms with E-state index in [4.69, 9.17) is 0 Å². The molecule has 0 saturated heterocycles. The van der Waals surface area contributed by atoms with Crippen molar-refractivity contribution in [3.63, 3.8) is 0 Å². The number of hydrogen-bond donors (Lipinski definition) is 0. The molecule has 1 rings (SSSR count). The zero-order valence-electron chi connectivity index (χ0n) is 7.29. The lowest BCUT2D eigenvalue weighted by Crippen LogP contribution is -1.98. The van der Waals surface area contributed by atoms with Crippen molar-refractivity contribution in [2.45, 2.75) is 25.7 Å². The van der Waals surface area contributed by atoms with Gasteiger partial charge in [-0.15, -0.1) is 0 Å². The molecule has 0 unspecified atom stereocenters. The quantitative estimate of drug-likeness (QED) is 0.663. The molecule has 0 bridgehead atoms. The lowest BCUT2D eigenvalue weighted by atomic mass is 9.96. The van der Waals surface area contributed by atoms with Gasteiger partial charge in [0.25, 0.3) is 0 Å². The maximum atomic E-state index is 10.6. The van der Waals surface area contributed by atoms with Gasteiger partial charge in [0.05, 0.1) is 5.92 Å². The van der Waals surface area contributed by atoms with Crippen LogP contribution in [0.2, 0.25) is 0 Å². The molecule has 0 aliphatic carbocycles. The molecule has 12 heavy (non-hydrogen) atoms. The van der Waals surface area contributed by atoms with E-state index in [0.717, 1.165) is 18.4 Å². The second-order valence-electron chi connectivity index (χ2n) is 2.87. The summed E-state index contributed by atoms with van der Waals surface area (Å²) in [5, 5.41) is 0. The van der Waals surface area contributed by atoms with Gasteiger partial charge in [-0.2, -0.15) is 0 Å². The first-order valence-corrected chi connectivity index (χ1v) is 4.31. The third-order valence-corrected chi connectivity index (χ3v) is 1.92. The Labute approximate surface area is 73.4 Å². The first-order valence-electron chi connectivity index (χ1n) is 4.31. The molecule has 1 atom stereocenters. The second kappa shape index (κ2) is 4.70. The summed E-state index contributed by atoms with van der Waals surface area (Å²) in [7, 11) is 0. The third kappa shape index (κ3) is 2.19. The molecule has 1 aromatic carbocycles. The van der Waals surface area contributed by atoms with Crippen LogP contribution in [0.25, 0.3) is 0 Å². The lowest BCUT2D eigenvalue weighted by molar-refractivity contribution is 0.536. The Morgan fingerprint density at radius 3 is 2.50 bits per heavy atom. The Morgan fingerprint density at radius 2 is 2.00 bits per heavy atom. The van der Waals surface area contributed by atoms with Crippen molar-refractivity contribution in [2.75, 3.05) is 0 Å². The third-order valence-electron chi connectivity index (χ3n) is 1.92. The van der Waals surface area contributed by atoms with E-state index in [2.05, 4.69) is 13.2 Å². The fourth-order valence-electron chi connectivity index (χ4n) is 1.27. The van der Waals surface area contributed by atoms with Crippen LogP contribution >= 0.6 is 0 Å². The number of carbonyl (C=O) groups excluding carboxylic acids is 1. The van der Waals surface area contributed by atoms with Gasteiger partial charge in [0.2, 0.25) is 6.29 Å². The summed E-state index contributed by atoms with van der Waals surface area (Å²) in [5.74, 6) is -0.0313. The average Bonchev–Trinajstić information content (AvgIpc) is 2.15. The molecule has 1 radical (unpaired) electrons. The van der Waals surface area contributed by atoms with Crippen molar-refractivity contribution < 1.29 is 4.79 Å². The van der Waals surface area contributed by atoms with E-state index >= 15 is 0 Å². The predicted molar refractivity (Wildman–Crippen MR) is 49.8 cm³/mol. The molecule has 0 heterocycles. The topological polar surface area (TPSA) is 17.1 Å². The van der Waals surface area contributed by atoms with Crippen molar-refractivity contribution in [1.29, 1.82) is 0 Å². The number of rotatable bonds is 4. The zero-order valence-corrected chi connectivity index (χ0v) is 7.29. The van der Waals surface area contributed by atoms with Crippen LogP contribution in [0, 0.1) is 0 Å². The van der Waals surface area contributed by atoms with E-state index in [9.17, 15) is 4.79 Å². The monoisotopic (exact) mass is 161 g/mol. The normalized spacial score (nSPS) is 12.4. The number of benzene rings is 1. The van der Waals surface area contributed by atoms with Gasteiger partial charge in [-0.05, 0) is 12.0 Å². The molecule has 0 aromatic heterocycles. The first kappa shape index (κ1) is 8.98. The number of hydrogen-bond acceptors (Lipinski definition) is 1. The minimum Gasteiger partial charge on any atom is -0.290 e. The van der Waals surface area contributed by atoms with Gasteiger partial charge in [0, 0.05) is 0 Å². The molecule has 0 saturated carbocycles. The molecule has 63 valence electrons. The Kier molecular flexibility index (Phi) is 3.52. The maximum absolute atomic E-state index is 10.6. The SMILES string of the molecule is CCC[C@@H]([C]=O)c1ccccc1. The van der Waals surface area contributed by atoms with E-state index in [1.807, 2.05) is 30.3 Å². The molecule has 0 fully saturated rings. The Bertz CT molecular complexity index is 228. The van der Waals surface area contributed by atoms with E-state index in [-0.39, 0.29) is 5.92 Å². The molecular weight excluding hydrogens is 148 g/mol. The summed E-state index contributed by atoms with van der Waals surface area (Å²) in [6, 6.07) is 9.82. The van der Waals surface area contributed by atoms with Crippen LogP contribution in [0.15, 0.2) is 30.3 Å². The second-order valence-corrected chi connectivity index (χ2v) is 2.87. The average molecular weight is 161 g/mol. The fraction of sp³-hybridized carbons (Fsp3) is 0.364. The van der Waals surface area contributed by atoms with E-state index < -0.39 is 0 Å². The lowest BCUT2D eigenvalue weighted by Gasteiger charge is -2.06.